The van der Waals surface area contributed by atoms with E-state index in [4.69, 9.17) is 9.73 Å². The predicted octanol–water partition coefficient (Wildman–Crippen LogP) is 5.33. The molecule has 0 unspecified atom stereocenters. The van der Waals surface area contributed by atoms with Crippen LogP contribution in [0.3, 0.4) is 0 Å². The largest absolute Gasteiger partial charge is 0.497 e. The molecule has 0 aliphatic heterocycles. The minimum Gasteiger partial charge on any atom is -0.497 e. The number of ether oxygens (including phenoxy) is 1. The first-order valence-corrected chi connectivity index (χ1v) is 8.47. The van der Waals surface area contributed by atoms with Crippen molar-refractivity contribution in [1.82, 2.24) is 0 Å². The molecule has 0 bridgehead atoms. The molecule has 0 spiro atoms. The first-order chi connectivity index (χ1) is 11.1. The van der Waals surface area contributed by atoms with Gasteiger partial charge in [-0.25, -0.2) is 0 Å². The zero-order chi connectivity index (χ0) is 16.4. The molecule has 2 aromatic rings. The molecule has 0 saturated carbocycles. The highest BCUT2D eigenvalue weighted by molar-refractivity contribution is 6.04. The molecule has 0 radical (unpaired) electrons. The predicted molar refractivity (Wildman–Crippen MR) is 97.4 cm³/mol. The van der Waals surface area contributed by atoms with E-state index in [0.29, 0.717) is 0 Å². The van der Waals surface area contributed by atoms with Gasteiger partial charge in [0.05, 0.1) is 12.8 Å². The Hall–Kier alpha value is -2.09. The van der Waals surface area contributed by atoms with E-state index < -0.39 is 0 Å². The number of fused-ring (bicyclic) bond motifs is 1. The van der Waals surface area contributed by atoms with Gasteiger partial charge in [0.15, 0.2) is 0 Å². The number of nitrogens with zero attached hydrogens (tertiary/aromatic N) is 1. The smallest absolute Gasteiger partial charge is 0.119 e. The van der Waals surface area contributed by atoms with E-state index in [2.05, 4.69) is 45.0 Å². The normalized spacial score (nSPS) is 15.6. The van der Waals surface area contributed by atoms with Crippen LogP contribution >= 0.6 is 0 Å². The second-order valence-electron chi connectivity index (χ2n) is 6.35. The van der Waals surface area contributed by atoms with Crippen molar-refractivity contribution in [2.75, 3.05) is 7.11 Å². The SMILES string of the molecule is CCc1c(C)cc(N=C2CCCc3cc(OC)ccc32)cc1C. The van der Waals surface area contributed by atoms with Crippen LogP contribution in [-0.2, 0) is 12.8 Å². The lowest BCUT2D eigenvalue weighted by atomic mass is 9.89. The third-order valence-electron chi connectivity index (χ3n) is 4.78. The Balaban J connectivity index is 2.02. The average Bonchev–Trinajstić information content (AvgIpc) is 2.54. The van der Waals surface area contributed by atoms with Gasteiger partial charge in [0, 0.05) is 5.71 Å². The van der Waals surface area contributed by atoms with Crippen molar-refractivity contribution in [3.8, 4) is 5.75 Å². The average molecular weight is 307 g/mol. The standard InChI is InChI=1S/C21H25NO/c1-5-19-14(2)11-17(12-15(19)3)22-21-8-6-7-16-13-18(23-4)9-10-20(16)21/h9-13H,5-8H2,1-4H3. The van der Waals surface area contributed by atoms with E-state index in [1.54, 1.807) is 7.11 Å². The summed E-state index contributed by atoms with van der Waals surface area (Å²) in [6.07, 6.45) is 4.40. The zero-order valence-corrected chi connectivity index (χ0v) is 14.6. The van der Waals surface area contributed by atoms with Gasteiger partial charge in [0.25, 0.3) is 0 Å². The Labute approximate surface area is 139 Å². The molecule has 2 nitrogen and oxygen atoms in total. The molecule has 1 aliphatic rings. The zero-order valence-electron chi connectivity index (χ0n) is 14.6. The summed E-state index contributed by atoms with van der Waals surface area (Å²) in [7, 11) is 1.72. The second-order valence-corrected chi connectivity index (χ2v) is 6.35. The van der Waals surface area contributed by atoms with Crippen molar-refractivity contribution in [3.05, 3.63) is 58.1 Å². The van der Waals surface area contributed by atoms with Gasteiger partial charge in [0.2, 0.25) is 0 Å². The highest BCUT2D eigenvalue weighted by atomic mass is 16.5. The fourth-order valence-electron chi connectivity index (χ4n) is 3.63. The molecule has 0 heterocycles. The van der Waals surface area contributed by atoms with Crippen molar-refractivity contribution < 1.29 is 4.74 Å². The summed E-state index contributed by atoms with van der Waals surface area (Å²) in [4.78, 5) is 4.99. The highest BCUT2D eigenvalue weighted by Crippen LogP contribution is 2.29. The lowest BCUT2D eigenvalue weighted by Gasteiger charge is -2.19. The molecule has 0 N–H and O–H groups in total. The molecule has 23 heavy (non-hydrogen) atoms. The maximum atomic E-state index is 5.35. The molecule has 3 rings (SSSR count). The Morgan fingerprint density at radius 3 is 2.43 bits per heavy atom. The summed E-state index contributed by atoms with van der Waals surface area (Å²) in [6.45, 7) is 6.59. The number of aryl methyl sites for hydroxylation is 3. The number of benzene rings is 2. The third kappa shape index (κ3) is 3.17. The quantitative estimate of drug-likeness (QED) is 0.751. The molecule has 0 aromatic heterocycles. The Morgan fingerprint density at radius 1 is 1.04 bits per heavy atom. The van der Waals surface area contributed by atoms with Gasteiger partial charge in [-0.15, -0.1) is 0 Å². The van der Waals surface area contributed by atoms with Crippen LogP contribution < -0.4 is 4.74 Å². The summed E-state index contributed by atoms with van der Waals surface area (Å²) in [5, 5.41) is 0. The minimum absolute atomic E-state index is 0.934. The summed E-state index contributed by atoms with van der Waals surface area (Å²) in [6, 6.07) is 10.8. The summed E-state index contributed by atoms with van der Waals surface area (Å²) < 4.78 is 5.35. The first kappa shape index (κ1) is 15.8. The van der Waals surface area contributed by atoms with Crippen molar-refractivity contribution in [2.45, 2.75) is 46.5 Å². The number of rotatable bonds is 3. The van der Waals surface area contributed by atoms with Crippen LogP contribution in [-0.4, -0.2) is 12.8 Å². The molecule has 0 saturated heterocycles. The summed E-state index contributed by atoms with van der Waals surface area (Å²) in [5.74, 6) is 0.934. The molecule has 0 amide bonds. The van der Waals surface area contributed by atoms with E-state index in [9.17, 15) is 0 Å². The number of methoxy groups -OCH3 is 1. The van der Waals surface area contributed by atoms with Crippen LogP contribution in [0.25, 0.3) is 0 Å². The van der Waals surface area contributed by atoms with Crippen LogP contribution in [0.15, 0.2) is 35.3 Å². The highest BCUT2D eigenvalue weighted by Gasteiger charge is 2.16. The molecule has 120 valence electrons. The minimum atomic E-state index is 0.934. The summed E-state index contributed by atoms with van der Waals surface area (Å²) in [5.41, 5.74) is 9.06. The monoisotopic (exact) mass is 307 g/mol. The fraction of sp³-hybridized carbons (Fsp3) is 0.381. The van der Waals surface area contributed by atoms with Crippen LogP contribution in [0.4, 0.5) is 5.69 Å². The van der Waals surface area contributed by atoms with Crippen LogP contribution in [0.1, 0.15) is 47.6 Å². The van der Waals surface area contributed by atoms with Gasteiger partial charge in [-0.05, 0) is 97.7 Å². The van der Waals surface area contributed by atoms with E-state index in [1.807, 2.05) is 6.07 Å². The Morgan fingerprint density at radius 2 is 1.78 bits per heavy atom. The van der Waals surface area contributed by atoms with Gasteiger partial charge >= 0.3 is 0 Å². The summed E-state index contributed by atoms with van der Waals surface area (Å²) >= 11 is 0. The molecular weight excluding hydrogens is 282 g/mol. The van der Waals surface area contributed by atoms with Gasteiger partial charge in [0.1, 0.15) is 5.75 Å². The van der Waals surface area contributed by atoms with E-state index in [-0.39, 0.29) is 0 Å². The van der Waals surface area contributed by atoms with Gasteiger partial charge in [-0.2, -0.15) is 0 Å². The maximum absolute atomic E-state index is 5.35. The van der Waals surface area contributed by atoms with Crippen LogP contribution in [0, 0.1) is 13.8 Å². The molecular formula is C21H25NO. The van der Waals surface area contributed by atoms with Gasteiger partial charge in [-0.3, -0.25) is 4.99 Å². The van der Waals surface area contributed by atoms with E-state index in [1.165, 1.54) is 33.5 Å². The number of aliphatic imine (C=N–C) groups is 1. The Bertz CT molecular complexity index is 735. The van der Waals surface area contributed by atoms with Crippen molar-refractivity contribution in [2.24, 2.45) is 4.99 Å². The van der Waals surface area contributed by atoms with Crippen LogP contribution in [0.2, 0.25) is 0 Å². The number of hydrogen-bond acceptors (Lipinski definition) is 2. The van der Waals surface area contributed by atoms with E-state index >= 15 is 0 Å². The fourth-order valence-corrected chi connectivity index (χ4v) is 3.63. The molecule has 2 heteroatoms. The first-order valence-electron chi connectivity index (χ1n) is 8.47. The third-order valence-corrected chi connectivity index (χ3v) is 4.78. The lowest BCUT2D eigenvalue weighted by molar-refractivity contribution is 0.414. The molecule has 2 aromatic carbocycles. The van der Waals surface area contributed by atoms with Crippen molar-refractivity contribution >= 4 is 11.4 Å². The lowest BCUT2D eigenvalue weighted by Crippen LogP contribution is -2.11. The number of hydrogen-bond donors (Lipinski definition) is 0. The Kier molecular flexibility index (Phi) is 4.51. The van der Waals surface area contributed by atoms with Gasteiger partial charge in [-0.1, -0.05) is 6.92 Å². The van der Waals surface area contributed by atoms with E-state index in [0.717, 1.165) is 37.1 Å². The van der Waals surface area contributed by atoms with Gasteiger partial charge < -0.3 is 4.74 Å². The molecule has 0 fully saturated rings. The van der Waals surface area contributed by atoms with Crippen LogP contribution in [0.5, 0.6) is 5.75 Å². The molecule has 1 aliphatic carbocycles. The topological polar surface area (TPSA) is 21.6 Å². The van der Waals surface area contributed by atoms with Crippen molar-refractivity contribution in [1.29, 1.82) is 0 Å². The maximum Gasteiger partial charge on any atom is 0.119 e. The van der Waals surface area contributed by atoms with Crippen molar-refractivity contribution in [3.63, 3.8) is 0 Å². The molecule has 0 atom stereocenters. The second kappa shape index (κ2) is 6.57.